The number of aromatic nitrogens is 2. The Labute approximate surface area is 186 Å². The van der Waals surface area contributed by atoms with E-state index in [9.17, 15) is 4.79 Å². The first-order valence-corrected chi connectivity index (χ1v) is 11.0. The highest BCUT2D eigenvalue weighted by atomic mass is 16.5. The molecule has 0 aliphatic carbocycles. The number of hydrogen-bond acceptors (Lipinski definition) is 4. The van der Waals surface area contributed by atoms with Crippen molar-refractivity contribution in [3.8, 4) is 11.4 Å². The van der Waals surface area contributed by atoms with Gasteiger partial charge in [-0.25, -0.2) is 14.8 Å². The quantitative estimate of drug-likeness (QED) is 0.232. The van der Waals surface area contributed by atoms with Crippen LogP contribution in [-0.4, -0.2) is 22.5 Å². The van der Waals surface area contributed by atoms with Crippen LogP contribution in [0.15, 0.2) is 78.9 Å². The van der Waals surface area contributed by atoms with Gasteiger partial charge >= 0.3 is 5.97 Å². The second-order valence-corrected chi connectivity index (χ2v) is 8.44. The summed E-state index contributed by atoms with van der Waals surface area (Å²) in [6.45, 7) is 4.63. The van der Waals surface area contributed by atoms with E-state index in [4.69, 9.17) is 14.7 Å². The summed E-state index contributed by atoms with van der Waals surface area (Å²) in [5.74, 6) is 0.145. The van der Waals surface area contributed by atoms with Crippen LogP contribution in [-0.2, 0) is 4.74 Å². The molecule has 5 rings (SSSR count). The van der Waals surface area contributed by atoms with Crippen LogP contribution in [0.5, 0.6) is 0 Å². The zero-order chi connectivity index (χ0) is 22.1. The third-order valence-corrected chi connectivity index (χ3v) is 5.71. The third kappa shape index (κ3) is 3.80. The average molecular weight is 421 g/mol. The minimum atomic E-state index is -0.323. The van der Waals surface area contributed by atoms with Gasteiger partial charge in [-0.05, 0) is 47.4 Å². The largest absolute Gasteiger partial charge is 0.462 e. The summed E-state index contributed by atoms with van der Waals surface area (Å²) in [6.07, 6.45) is 0.828. The summed E-state index contributed by atoms with van der Waals surface area (Å²) in [7, 11) is 0. The highest BCUT2D eigenvalue weighted by Gasteiger charge is 2.18. The monoisotopic (exact) mass is 420 g/mol. The third-order valence-electron chi connectivity index (χ3n) is 5.71. The standard InChI is InChI=1S/C28H24N2O2/c1-18(2)15-16-32-28(31)22-17-26(24-13-12-20-8-4-6-10-23(20)29-24)30-25-14-11-19-7-3-5-9-21(19)27(22)25/h3-14,17-18H,15-16H2,1-2H3. The molecule has 32 heavy (non-hydrogen) atoms. The molecule has 158 valence electrons. The average Bonchev–Trinajstić information content (AvgIpc) is 2.82. The molecule has 2 heterocycles. The fourth-order valence-electron chi connectivity index (χ4n) is 3.97. The first-order valence-electron chi connectivity index (χ1n) is 11.0. The van der Waals surface area contributed by atoms with Gasteiger partial charge in [-0.2, -0.15) is 0 Å². The molecule has 0 radical (unpaired) electrons. The van der Waals surface area contributed by atoms with E-state index in [1.54, 1.807) is 0 Å². The molecule has 3 aromatic carbocycles. The van der Waals surface area contributed by atoms with E-state index >= 15 is 0 Å². The number of nitrogens with zero attached hydrogens (tertiary/aromatic N) is 2. The molecule has 0 saturated carbocycles. The van der Waals surface area contributed by atoms with Crippen molar-refractivity contribution < 1.29 is 9.53 Å². The van der Waals surface area contributed by atoms with Gasteiger partial charge in [-0.15, -0.1) is 0 Å². The highest BCUT2D eigenvalue weighted by Crippen LogP contribution is 2.31. The fraction of sp³-hybridized carbons (Fsp3) is 0.179. The Balaban J connectivity index is 1.69. The van der Waals surface area contributed by atoms with Crippen LogP contribution in [0.25, 0.3) is 44.0 Å². The van der Waals surface area contributed by atoms with Crippen LogP contribution in [0.2, 0.25) is 0 Å². The lowest BCUT2D eigenvalue weighted by Gasteiger charge is -2.13. The van der Waals surface area contributed by atoms with Crippen molar-refractivity contribution in [1.82, 2.24) is 9.97 Å². The second kappa shape index (κ2) is 8.39. The maximum atomic E-state index is 13.2. The molecule has 0 saturated heterocycles. The smallest absolute Gasteiger partial charge is 0.338 e. The highest BCUT2D eigenvalue weighted by molar-refractivity contribution is 6.16. The van der Waals surface area contributed by atoms with Crippen molar-refractivity contribution in [2.24, 2.45) is 5.92 Å². The zero-order valence-electron chi connectivity index (χ0n) is 18.2. The molecule has 0 fully saturated rings. The van der Waals surface area contributed by atoms with Crippen LogP contribution in [0, 0.1) is 5.92 Å². The van der Waals surface area contributed by atoms with Crippen LogP contribution >= 0.6 is 0 Å². The number of ether oxygens (including phenoxy) is 1. The van der Waals surface area contributed by atoms with Gasteiger partial charge in [0.05, 0.1) is 34.6 Å². The summed E-state index contributed by atoms with van der Waals surface area (Å²) in [6, 6.07) is 25.8. The first-order chi connectivity index (χ1) is 15.6. The van der Waals surface area contributed by atoms with Crippen molar-refractivity contribution in [1.29, 1.82) is 0 Å². The molecule has 0 unspecified atom stereocenters. The number of fused-ring (bicyclic) bond motifs is 4. The van der Waals surface area contributed by atoms with Crippen LogP contribution < -0.4 is 0 Å². The van der Waals surface area contributed by atoms with Crippen molar-refractivity contribution >= 4 is 38.5 Å². The van der Waals surface area contributed by atoms with Crippen LogP contribution in [0.1, 0.15) is 30.6 Å². The van der Waals surface area contributed by atoms with Crippen molar-refractivity contribution in [2.75, 3.05) is 6.61 Å². The molecule has 0 amide bonds. The summed E-state index contributed by atoms with van der Waals surface area (Å²) in [5, 5.41) is 3.94. The van der Waals surface area contributed by atoms with Gasteiger partial charge in [-0.3, -0.25) is 0 Å². The lowest BCUT2D eigenvalue weighted by Crippen LogP contribution is -2.10. The summed E-state index contributed by atoms with van der Waals surface area (Å²) >= 11 is 0. The summed E-state index contributed by atoms with van der Waals surface area (Å²) < 4.78 is 5.67. The number of rotatable bonds is 5. The molecule has 4 nitrogen and oxygen atoms in total. The van der Waals surface area contributed by atoms with Crippen molar-refractivity contribution in [3.05, 3.63) is 84.4 Å². The number of pyridine rings is 2. The number of benzene rings is 3. The predicted octanol–water partition coefficient (Wildman–Crippen LogP) is 6.81. The summed E-state index contributed by atoms with van der Waals surface area (Å²) in [5.41, 5.74) is 3.57. The number of esters is 1. The van der Waals surface area contributed by atoms with E-state index in [1.807, 2.05) is 78.9 Å². The van der Waals surface area contributed by atoms with Gasteiger partial charge in [0.15, 0.2) is 0 Å². The van der Waals surface area contributed by atoms with Gasteiger partial charge in [0, 0.05) is 10.8 Å². The number of hydrogen-bond donors (Lipinski definition) is 0. The predicted molar refractivity (Wildman–Crippen MR) is 130 cm³/mol. The van der Waals surface area contributed by atoms with Gasteiger partial charge in [-0.1, -0.05) is 68.4 Å². The van der Waals surface area contributed by atoms with E-state index in [0.29, 0.717) is 23.8 Å². The van der Waals surface area contributed by atoms with Gasteiger partial charge in [0.25, 0.3) is 0 Å². The normalized spacial score (nSPS) is 11.5. The van der Waals surface area contributed by atoms with Gasteiger partial charge in [0.2, 0.25) is 0 Å². The molecule has 4 heteroatoms. The Morgan fingerprint density at radius 1 is 0.812 bits per heavy atom. The Morgan fingerprint density at radius 2 is 1.53 bits per heavy atom. The minimum Gasteiger partial charge on any atom is -0.462 e. The van der Waals surface area contributed by atoms with E-state index in [1.165, 1.54) is 0 Å². The van der Waals surface area contributed by atoms with E-state index in [-0.39, 0.29) is 5.97 Å². The maximum Gasteiger partial charge on any atom is 0.338 e. The van der Waals surface area contributed by atoms with E-state index in [2.05, 4.69) is 13.8 Å². The van der Waals surface area contributed by atoms with Crippen molar-refractivity contribution in [3.63, 3.8) is 0 Å². The molecule has 0 bridgehead atoms. The van der Waals surface area contributed by atoms with Crippen LogP contribution in [0.3, 0.4) is 0 Å². The topological polar surface area (TPSA) is 52.1 Å². The van der Waals surface area contributed by atoms with Crippen LogP contribution in [0.4, 0.5) is 0 Å². The summed E-state index contributed by atoms with van der Waals surface area (Å²) in [4.78, 5) is 22.9. The lowest BCUT2D eigenvalue weighted by molar-refractivity contribution is 0.0490. The zero-order valence-corrected chi connectivity index (χ0v) is 18.2. The number of carbonyl (C=O) groups is 1. The molecule has 0 aliphatic rings. The molecule has 0 spiro atoms. The second-order valence-electron chi connectivity index (χ2n) is 8.44. The molecule has 2 aromatic heterocycles. The fourth-order valence-corrected chi connectivity index (χ4v) is 3.97. The first kappa shape index (κ1) is 20.1. The van der Waals surface area contributed by atoms with Crippen molar-refractivity contribution in [2.45, 2.75) is 20.3 Å². The molecule has 5 aromatic rings. The Morgan fingerprint density at radius 3 is 2.38 bits per heavy atom. The Bertz CT molecular complexity index is 1460. The van der Waals surface area contributed by atoms with E-state index in [0.717, 1.165) is 44.7 Å². The van der Waals surface area contributed by atoms with Gasteiger partial charge in [0.1, 0.15) is 0 Å². The maximum absolute atomic E-state index is 13.2. The number of carbonyl (C=O) groups excluding carboxylic acids is 1. The Hall–Kier alpha value is -3.79. The molecule has 0 atom stereocenters. The molecular formula is C28H24N2O2. The number of para-hydroxylation sites is 1. The molecule has 0 aliphatic heterocycles. The SMILES string of the molecule is CC(C)CCOC(=O)c1cc(-c2ccc3ccccc3n2)nc2ccc3ccccc3c12. The van der Waals surface area contributed by atoms with E-state index < -0.39 is 0 Å². The molecular weight excluding hydrogens is 396 g/mol. The van der Waals surface area contributed by atoms with Gasteiger partial charge < -0.3 is 4.74 Å². The Kier molecular flexibility index (Phi) is 5.28. The minimum absolute atomic E-state index is 0.323. The molecule has 0 N–H and O–H groups in total. The lowest BCUT2D eigenvalue weighted by atomic mass is 9.99.